The summed E-state index contributed by atoms with van der Waals surface area (Å²) in [4.78, 5) is 12.5. The predicted octanol–water partition coefficient (Wildman–Crippen LogP) is 3.43. The molecule has 0 atom stereocenters. The summed E-state index contributed by atoms with van der Waals surface area (Å²) in [6.07, 6.45) is 3.64. The van der Waals surface area contributed by atoms with Crippen LogP contribution in [0.2, 0.25) is 0 Å². The van der Waals surface area contributed by atoms with Crippen LogP contribution in [0.3, 0.4) is 0 Å². The van der Waals surface area contributed by atoms with E-state index in [0.29, 0.717) is 5.69 Å². The standard InChI is InChI=1S/C21H26N2O3S/c1-21(2,3)23-27(25,26)19-9-5-8-18(14-19)22-20(24)13-15-10-11-16-6-4-7-17(16)12-15/h5,8-12,14,23H,4,6-7,13H2,1-3H3,(H,22,24). The summed E-state index contributed by atoms with van der Waals surface area (Å²) in [6.45, 7) is 5.35. The maximum atomic E-state index is 12.5. The summed E-state index contributed by atoms with van der Waals surface area (Å²) in [5.41, 5.74) is 3.58. The largest absolute Gasteiger partial charge is 0.326 e. The molecule has 0 aromatic heterocycles. The third-order valence-corrected chi connectivity index (χ3v) is 6.15. The number of aryl methyl sites for hydroxylation is 2. The predicted molar refractivity (Wildman–Crippen MR) is 107 cm³/mol. The molecule has 0 radical (unpaired) electrons. The Bertz CT molecular complexity index is 960. The summed E-state index contributed by atoms with van der Waals surface area (Å²) < 4.78 is 27.5. The maximum Gasteiger partial charge on any atom is 0.241 e. The van der Waals surface area contributed by atoms with Crippen LogP contribution in [0, 0.1) is 0 Å². The molecular formula is C21H26N2O3S. The Kier molecular flexibility index (Phi) is 5.40. The van der Waals surface area contributed by atoms with Crippen molar-refractivity contribution < 1.29 is 13.2 Å². The van der Waals surface area contributed by atoms with Crippen LogP contribution in [0.25, 0.3) is 0 Å². The molecule has 0 bridgehead atoms. The molecule has 0 spiro atoms. The van der Waals surface area contributed by atoms with E-state index in [0.717, 1.165) is 18.4 Å². The zero-order chi connectivity index (χ0) is 19.7. The minimum Gasteiger partial charge on any atom is -0.326 e. The summed E-state index contributed by atoms with van der Waals surface area (Å²) in [7, 11) is -3.64. The first-order chi connectivity index (χ1) is 12.6. The fourth-order valence-corrected chi connectivity index (χ4v) is 4.79. The van der Waals surface area contributed by atoms with E-state index in [1.165, 1.54) is 29.7 Å². The van der Waals surface area contributed by atoms with Gasteiger partial charge in [-0.25, -0.2) is 13.1 Å². The van der Waals surface area contributed by atoms with Gasteiger partial charge in [0.2, 0.25) is 15.9 Å². The van der Waals surface area contributed by atoms with Crippen molar-refractivity contribution in [2.45, 2.75) is 56.9 Å². The average Bonchev–Trinajstić information content (AvgIpc) is 3.00. The second kappa shape index (κ2) is 7.44. The van der Waals surface area contributed by atoms with Crippen molar-refractivity contribution in [3.63, 3.8) is 0 Å². The van der Waals surface area contributed by atoms with Gasteiger partial charge in [0, 0.05) is 11.2 Å². The van der Waals surface area contributed by atoms with E-state index in [2.05, 4.69) is 22.2 Å². The van der Waals surface area contributed by atoms with Crippen LogP contribution >= 0.6 is 0 Å². The fraction of sp³-hybridized carbons (Fsp3) is 0.381. The van der Waals surface area contributed by atoms with Gasteiger partial charge in [-0.05, 0) is 74.9 Å². The smallest absolute Gasteiger partial charge is 0.241 e. The molecule has 27 heavy (non-hydrogen) atoms. The Balaban J connectivity index is 1.70. The number of fused-ring (bicyclic) bond motifs is 1. The van der Waals surface area contributed by atoms with E-state index in [-0.39, 0.29) is 17.2 Å². The first-order valence-electron chi connectivity index (χ1n) is 9.17. The van der Waals surface area contributed by atoms with Crippen LogP contribution in [0.4, 0.5) is 5.69 Å². The van der Waals surface area contributed by atoms with E-state index in [4.69, 9.17) is 0 Å². The molecule has 6 heteroatoms. The number of anilines is 1. The van der Waals surface area contributed by atoms with Crippen LogP contribution in [0.1, 0.15) is 43.9 Å². The molecule has 0 heterocycles. The lowest BCUT2D eigenvalue weighted by atomic mass is 10.0. The second-order valence-corrected chi connectivity index (χ2v) is 9.75. The number of benzene rings is 2. The molecule has 1 amide bonds. The number of hydrogen-bond donors (Lipinski definition) is 2. The van der Waals surface area contributed by atoms with Crippen LogP contribution in [-0.2, 0) is 34.1 Å². The Hall–Kier alpha value is -2.18. The Labute approximate surface area is 161 Å². The maximum absolute atomic E-state index is 12.5. The van der Waals surface area contributed by atoms with E-state index in [9.17, 15) is 13.2 Å². The number of carbonyl (C=O) groups excluding carboxylic acids is 1. The Morgan fingerprint density at radius 1 is 1.04 bits per heavy atom. The Morgan fingerprint density at radius 2 is 1.78 bits per heavy atom. The van der Waals surface area contributed by atoms with Crippen molar-refractivity contribution >= 4 is 21.6 Å². The lowest BCUT2D eigenvalue weighted by molar-refractivity contribution is -0.115. The van der Waals surface area contributed by atoms with Gasteiger partial charge in [0.25, 0.3) is 0 Å². The second-order valence-electron chi connectivity index (χ2n) is 8.06. The molecule has 5 nitrogen and oxygen atoms in total. The van der Waals surface area contributed by atoms with Gasteiger partial charge in [0.15, 0.2) is 0 Å². The van der Waals surface area contributed by atoms with Gasteiger partial charge >= 0.3 is 0 Å². The van der Waals surface area contributed by atoms with Gasteiger partial charge in [-0.3, -0.25) is 4.79 Å². The van der Waals surface area contributed by atoms with Crippen molar-refractivity contribution in [3.8, 4) is 0 Å². The minimum atomic E-state index is -3.64. The van der Waals surface area contributed by atoms with Crippen LogP contribution in [-0.4, -0.2) is 19.9 Å². The summed E-state index contributed by atoms with van der Waals surface area (Å²) in [5.74, 6) is -0.161. The van der Waals surface area contributed by atoms with Crippen molar-refractivity contribution in [1.29, 1.82) is 0 Å². The molecule has 0 aliphatic heterocycles. The quantitative estimate of drug-likeness (QED) is 0.827. The number of carbonyl (C=O) groups is 1. The van der Waals surface area contributed by atoms with Gasteiger partial charge in [-0.1, -0.05) is 24.3 Å². The topological polar surface area (TPSA) is 75.3 Å². The first kappa shape index (κ1) is 19.6. The highest BCUT2D eigenvalue weighted by molar-refractivity contribution is 7.89. The minimum absolute atomic E-state index is 0.132. The Morgan fingerprint density at radius 3 is 2.52 bits per heavy atom. The van der Waals surface area contributed by atoms with Gasteiger partial charge in [0.05, 0.1) is 11.3 Å². The molecule has 2 aromatic carbocycles. The molecule has 1 aliphatic carbocycles. The van der Waals surface area contributed by atoms with Gasteiger partial charge in [-0.15, -0.1) is 0 Å². The van der Waals surface area contributed by atoms with E-state index >= 15 is 0 Å². The number of sulfonamides is 1. The van der Waals surface area contributed by atoms with Gasteiger partial charge in [-0.2, -0.15) is 0 Å². The molecule has 3 rings (SSSR count). The fourth-order valence-electron chi connectivity index (χ4n) is 3.33. The summed E-state index contributed by atoms with van der Waals surface area (Å²) in [5, 5.41) is 2.80. The molecular weight excluding hydrogens is 360 g/mol. The zero-order valence-electron chi connectivity index (χ0n) is 16.0. The first-order valence-corrected chi connectivity index (χ1v) is 10.7. The van der Waals surface area contributed by atoms with Gasteiger partial charge in [0.1, 0.15) is 0 Å². The molecule has 2 N–H and O–H groups in total. The van der Waals surface area contributed by atoms with E-state index in [1.54, 1.807) is 32.9 Å². The zero-order valence-corrected chi connectivity index (χ0v) is 16.8. The van der Waals surface area contributed by atoms with Crippen molar-refractivity contribution in [3.05, 3.63) is 59.2 Å². The lowest BCUT2D eigenvalue weighted by Gasteiger charge is -2.20. The molecule has 1 aliphatic rings. The van der Waals surface area contributed by atoms with Crippen LogP contribution < -0.4 is 10.0 Å². The SMILES string of the molecule is CC(C)(C)NS(=O)(=O)c1cccc(NC(=O)Cc2ccc3c(c2)CCC3)c1. The molecule has 0 fully saturated rings. The third kappa shape index (κ3) is 5.17. The van der Waals surface area contributed by atoms with Crippen LogP contribution in [0.15, 0.2) is 47.4 Å². The van der Waals surface area contributed by atoms with Crippen molar-refractivity contribution in [2.75, 3.05) is 5.32 Å². The molecule has 0 saturated carbocycles. The summed E-state index contributed by atoms with van der Waals surface area (Å²) >= 11 is 0. The van der Waals surface area contributed by atoms with E-state index in [1.807, 2.05) is 6.07 Å². The number of nitrogens with one attached hydrogen (secondary N) is 2. The normalized spacial score (nSPS) is 14.0. The summed E-state index contributed by atoms with van der Waals surface area (Å²) in [6, 6.07) is 12.5. The third-order valence-electron chi connectivity index (χ3n) is 4.40. The number of amides is 1. The van der Waals surface area contributed by atoms with Crippen molar-refractivity contribution in [1.82, 2.24) is 4.72 Å². The van der Waals surface area contributed by atoms with E-state index < -0.39 is 15.6 Å². The average molecular weight is 387 g/mol. The monoisotopic (exact) mass is 386 g/mol. The molecule has 144 valence electrons. The lowest BCUT2D eigenvalue weighted by Crippen LogP contribution is -2.40. The van der Waals surface area contributed by atoms with Crippen molar-refractivity contribution in [2.24, 2.45) is 0 Å². The number of hydrogen-bond acceptors (Lipinski definition) is 3. The number of rotatable bonds is 5. The highest BCUT2D eigenvalue weighted by Crippen LogP contribution is 2.23. The highest BCUT2D eigenvalue weighted by Gasteiger charge is 2.22. The molecule has 0 unspecified atom stereocenters. The van der Waals surface area contributed by atoms with Gasteiger partial charge < -0.3 is 5.32 Å². The molecule has 2 aromatic rings. The molecule has 0 saturated heterocycles. The highest BCUT2D eigenvalue weighted by atomic mass is 32.2. The van der Waals surface area contributed by atoms with Crippen LogP contribution in [0.5, 0.6) is 0 Å².